The highest BCUT2D eigenvalue weighted by Gasteiger charge is 1.73. The van der Waals surface area contributed by atoms with Gasteiger partial charge < -0.3 is 0 Å². The molecule has 0 bridgehead atoms. The van der Waals surface area contributed by atoms with Crippen molar-refractivity contribution in [3.63, 3.8) is 0 Å². The average molecular weight is 193 g/mol. The van der Waals surface area contributed by atoms with Crippen molar-refractivity contribution in [2.45, 2.75) is 0 Å². The van der Waals surface area contributed by atoms with Crippen LogP contribution in [0, 0.1) is 0 Å². The number of halogens is 3. The van der Waals surface area contributed by atoms with Crippen LogP contribution in [-0.2, 0) is 0 Å². The Labute approximate surface area is 40.4 Å². The first kappa shape index (κ1) is 4.85. The van der Waals surface area contributed by atoms with Crippen LogP contribution >= 0.6 is 32.3 Å². The Kier molecular flexibility index (Phi) is 2.56. The van der Waals surface area contributed by atoms with Gasteiger partial charge >= 0.3 is 0 Å². The fraction of sp³-hybridized carbons (Fsp3) is 0. The van der Waals surface area contributed by atoms with Gasteiger partial charge in [0.05, 0.1) is 32.3 Å². The summed E-state index contributed by atoms with van der Waals surface area (Å²) in [5.41, 5.74) is 0. The second kappa shape index (κ2) is 2.11. The zero-order chi connectivity index (χ0) is 3.58. The highest BCUT2D eigenvalue weighted by Crippen LogP contribution is 2.02. The maximum Gasteiger partial charge on any atom is 0.0615 e. The van der Waals surface area contributed by atoms with Crippen molar-refractivity contribution < 1.29 is 4.48 Å². The van der Waals surface area contributed by atoms with Crippen LogP contribution in [-0.4, -0.2) is 3.17 Å². The van der Waals surface area contributed by atoms with Crippen molar-refractivity contribution >= 4 is 32.3 Å². The minimum Gasteiger partial charge on any atom is -0.110 e. The SMILES string of the molecule is FN(Br)Br. The zero-order valence-electron chi connectivity index (χ0n) is 1.58. The van der Waals surface area contributed by atoms with Crippen LogP contribution in [0.4, 0.5) is 4.48 Å². The molecule has 0 N–H and O–H groups in total. The monoisotopic (exact) mass is 191 g/mol. The summed E-state index contributed by atoms with van der Waals surface area (Å²) < 4.78 is 10.8. The molecule has 0 aromatic heterocycles. The summed E-state index contributed by atoms with van der Waals surface area (Å²) in [6, 6.07) is 0. The second-order valence-corrected chi connectivity index (χ2v) is 2.39. The van der Waals surface area contributed by atoms with Crippen LogP contribution in [0.5, 0.6) is 0 Å². The summed E-state index contributed by atoms with van der Waals surface area (Å²) in [6.07, 6.45) is 0. The Hall–Kier alpha value is 0.850. The minimum absolute atomic E-state index is 0.125. The minimum atomic E-state index is 0.125. The van der Waals surface area contributed by atoms with Crippen molar-refractivity contribution in [1.82, 2.24) is 3.17 Å². The molecule has 0 amide bonds. The van der Waals surface area contributed by atoms with Crippen LogP contribution in [0.15, 0.2) is 0 Å². The van der Waals surface area contributed by atoms with Crippen molar-refractivity contribution in [1.29, 1.82) is 0 Å². The molecule has 0 saturated heterocycles. The van der Waals surface area contributed by atoms with E-state index in [4.69, 9.17) is 0 Å². The van der Waals surface area contributed by atoms with E-state index in [1.54, 1.807) is 0 Å². The van der Waals surface area contributed by atoms with Gasteiger partial charge in [-0.15, -0.1) is 4.48 Å². The fourth-order valence-corrected chi connectivity index (χ4v) is 0. The molecule has 0 aliphatic rings. The van der Waals surface area contributed by atoms with Gasteiger partial charge in [-0.3, -0.25) is 0 Å². The van der Waals surface area contributed by atoms with Gasteiger partial charge in [-0.2, -0.15) is 0 Å². The van der Waals surface area contributed by atoms with E-state index in [0.717, 1.165) is 0 Å². The molecule has 0 aliphatic heterocycles. The Bertz CT molecular complexity index is 10.8. The summed E-state index contributed by atoms with van der Waals surface area (Å²) in [6.45, 7) is 0. The van der Waals surface area contributed by atoms with Gasteiger partial charge in [0.2, 0.25) is 0 Å². The zero-order valence-corrected chi connectivity index (χ0v) is 4.75. The third kappa shape index (κ3) is 13.5. The number of rotatable bonds is 0. The molecule has 4 heteroatoms. The van der Waals surface area contributed by atoms with Gasteiger partial charge in [0.25, 0.3) is 0 Å². The third-order valence-corrected chi connectivity index (χ3v) is 0. The lowest BCUT2D eigenvalue weighted by Crippen LogP contribution is -1.62. The third-order valence-electron chi connectivity index (χ3n) is 0. The van der Waals surface area contributed by atoms with E-state index in [-0.39, 0.29) is 3.17 Å². The predicted octanol–water partition coefficient (Wildman–Crippen LogP) is 1.79. The predicted molar refractivity (Wildman–Crippen MR) is 20.8 cm³/mol. The van der Waals surface area contributed by atoms with Gasteiger partial charge in [0.15, 0.2) is 0 Å². The van der Waals surface area contributed by atoms with E-state index in [9.17, 15) is 4.48 Å². The maximum atomic E-state index is 10.7. The smallest absolute Gasteiger partial charge is 0.0615 e. The van der Waals surface area contributed by atoms with Crippen molar-refractivity contribution in [2.75, 3.05) is 0 Å². The Morgan fingerprint density at radius 2 is 1.50 bits per heavy atom. The van der Waals surface area contributed by atoms with E-state index >= 15 is 0 Å². The van der Waals surface area contributed by atoms with Gasteiger partial charge in [-0.05, 0) is 3.17 Å². The highest BCUT2D eigenvalue weighted by molar-refractivity contribution is 9.20. The summed E-state index contributed by atoms with van der Waals surface area (Å²) in [7, 11) is 0. The lowest BCUT2D eigenvalue weighted by molar-refractivity contribution is 0.327. The van der Waals surface area contributed by atoms with Crippen molar-refractivity contribution in [3.05, 3.63) is 0 Å². The summed E-state index contributed by atoms with van der Waals surface area (Å²) >= 11 is 4.71. The molecule has 0 atom stereocenters. The fourth-order valence-electron chi connectivity index (χ4n) is 0. The van der Waals surface area contributed by atoms with Crippen LogP contribution in [0.2, 0.25) is 0 Å². The first-order valence-electron chi connectivity index (χ1n) is 0.507. The van der Waals surface area contributed by atoms with Crippen LogP contribution in [0.1, 0.15) is 0 Å². The molecule has 1 nitrogen and oxygen atoms in total. The molecule has 0 aromatic carbocycles. The quantitative estimate of drug-likeness (QED) is 0.530. The van der Waals surface area contributed by atoms with E-state index in [1.165, 1.54) is 0 Å². The normalized spacial score (nSPS) is 9.00. The number of hydrogen-bond acceptors (Lipinski definition) is 1. The van der Waals surface area contributed by atoms with Gasteiger partial charge in [-0.25, -0.2) is 0 Å². The molecule has 0 aliphatic carbocycles. The molecule has 0 rings (SSSR count). The lowest BCUT2D eigenvalue weighted by atomic mass is 13.8. The molecule has 0 fully saturated rings. The molecule has 0 unspecified atom stereocenters. The van der Waals surface area contributed by atoms with Gasteiger partial charge in [0.1, 0.15) is 0 Å². The highest BCUT2D eigenvalue weighted by atomic mass is 79.9. The topological polar surface area (TPSA) is 3.24 Å². The lowest BCUT2D eigenvalue weighted by Gasteiger charge is -1.74. The summed E-state index contributed by atoms with van der Waals surface area (Å²) in [5.74, 6) is 0. The largest absolute Gasteiger partial charge is 0.110 e. The van der Waals surface area contributed by atoms with Crippen molar-refractivity contribution in [2.24, 2.45) is 0 Å². The van der Waals surface area contributed by atoms with Crippen LogP contribution in [0.25, 0.3) is 0 Å². The molecule has 0 aromatic rings. The standard InChI is InChI=1S/Br2FN/c1-4(2)3. The number of nitrogens with zero attached hydrogens (tertiary/aromatic N) is 1. The van der Waals surface area contributed by atoms with Gasteiger partial charge in [-0.1, -0.05) is 0 Å². The van der Waals surface area contributed by atoms with E-state index < -0.39 is 0 Å². The maximum absolute atomic E-state index is 10.7. The van der Waals surface area contributed by atoms with Crippen LogP contribution < -0.4 is 0 Å². The molecule has 0 heterocycles. The Balaban J connectivity index is 2.32. The van der Waals surface area contributed by atoms with Gasteiger partial charge in [0, 0.05) is 0 Å². The molecule has 0 radical (unpaired) electrons. The summed E-state index contributed by atoms with van der Waals surface area (Å²) in [4.78, 5) is 0. The van der Waals surface area contributed by atoms with E-state index in [2.05, 4.69) is 32.3 Å². The number of hydrogen-bond donors (Lipinski definition) is 0. The molecular weight excluding hydrogens is 193 g/mol. The first-order valence-corrected chi connectivity index (χ1v) is 1.93. The molecule has 0 saturated carbocycles. The van der Waals surface area contributed by atoms with E-state index in [1.807, 2.05) is 0 Å². The average Bonchev–Trinajstić information content (AvgIpc) is 0.811. The molecular formula is Br2FN. The molecule has 0 spiro atoms. The van der Waals surface area contributed by atoms with Crippen molar-refractivity contribution in [3.8, 4) is 0 Å². The molecule has 4 heavy (non-hydrogen) atoms. The van der Waals surface area contributed by atoms with Crippen LogP contribution in [0.3, 0.4) is 0 Å². The Morgan fingerprint density at radius 3 is 1.50 bits per heavy atom. The van der Waals surface area contributed by atoms with E-state index in [0.29, 0.717) is 0 Å². The Morgan fingerprint density at radius 1 is 1.50 bits per heavy atom. The second-order valence-electron chi connectivity index (χ2n) is 0.192. The molecule has 26 valence electrons. The summed E-state index contributed by atoms with van der Waals surface area (Å²) in [5, 5.41) is 0. The first-order chi connectivity index (χ1) is 1.73.